The van der Waals surface area contributed by atoms with Gasteiger partial charge in [-0.25, -0.2) is 0 Å². The minimum absolute atomic E-state index is 0.0592. The van der Waals surface area contributed by atoms with Crippen molar-refractivity contribution in [2.24, 2.45) is 5.92 Å². The number of carbonyl (C=O) groups is 2. The normalized spacial score (nSPS) is 15.9. The number of rotatable bonds is 3. The first-order chi connectivity index (χ1) is 8.59. The Bertz CT molecular complexity index is 470. The second kappa shape index (κ2) is 5.21. The fourth-order valence-electron chi connectivity index (χ4n) is 2.25. The molecule has 0 saturated carbocycles. The summed E-state index contributed by atoms with van der Waals surface area (Å²) >= 11 is 0. The summed E-state index contributed by atoms with van der Waals surface area (Å²) in [5.74, 6) is -1.66. The van der Waals surface area contributed by atoms with Crippen molar-refractivity contribution < 1.29 is 14.7 Å². The second-order valence-corrected chi connectivity index (χ2v) is 4.72. The lowest BCUT2D eigenvalue weighted by Crippen LogP contribution is -2.37. The van der Waals surface area contributed by atoms with Crippen LogP contribution in [0.3, 0.4) is 0 Å². The van der Waals surface area contributed by atoms with Crippen molar-refractivity contribution in [2.75, 3.05) is 11.4 Å². The van der Waals surface area contributed by atoms with Gasteiger partial charge in [0, 0.05) is 18.7 Å². The number of fused-ring (bicyclic) bond motifs is 1. The third-order valence-electron chi connectivity index (χ3n) is 3.31. The number of nitrogens with zero attached hydrogens (tertiary/aromatic N) is 1. The maximum absolute atomic E-state index is 12.1. The SMILES string of the molecule is CC(CC(=O)N1CCCc2ccccc21)C(=O)O. The average molecular weight is 247 g/mol. The van der Waals surface area contributed by atoms with E-state index in [9.17, 15) is 9.59 Å². The molecule has 1 atom stereocenters. The summed E-state index contributed by atoms with van der Waals surface area (Å²) in [6, 6.07) is 7.82. The number of aryl methyl sites for hydroxylation is 1. The molecule has 0 fully saturated rings. The molecule has 2 rings (SSSR count). The number of anilines is 1. The van der Waals surface area contributed by atoms with Crippen LogP contribution in [-0.4, -0.2) is 23.5 Å². The highest BCUT2D eigenvalue weighted by Crippen LogP contribution is 2.27. The van der Waals surface area contributed by atoms with Crippen LogP contribution < -0.4 is 4.90 Å². The molecule has 1 aromatic carbocycles. The van der Waals surface area contributed by atoms with E-state index in [4.69, 9.17) is 5.11 Å². The number of carbonyl (C=O) groups excluding carboxylic acids is 1. The largest absolute Gasteiger partial charge is 0.481 e. The Morgan fingerprint density at radius 2 is 2.11 bits per heavy atom. The van der Waals surface area contributed by atoms with Crippen LogP contribution in [0.1, 0.15) is 25.3 Å². The molecule has 4 heteroatoms. The van der Waals surface area contributed by atoms with E-state index in [0.29, 0.717) is 6.54 Å². The Morgan fingerprint density at radius 1 is 1.39 bits per heavy atom. The van der Waals surface area contributed by atoms with Crippen LogP contribution in [0.2, 0.25) is 0 Å². The van der Waals surface area contributed by atoms with Crippen LogP contribution in [0.5, 0.6) is 0 Å². The van der Waals surface area contributed by atoms with Gasteiger partial charge in [-0.05, 0) is 24.5 Å². The molecule has 0 aromatic heterocycles. The zero-order chi connectivity index (χ0) is 13.1. The molecule has 1 aliphatic heterocycles. The van der Waals surface area contributed by atoms with Gasteiger partial charge in [0.15, 0.2) is 0 Å². The van der Waals surface area contributed by atoms with Crippen LogP contribution in [0, 0.1) is 5.92 Å². The topological polar surface area (TPSA) is 57.6 Å². The van der Waals surface area contributed by atoms with E-state index >= 15 is 0 Å². The smallest absolute Gasteiger partial charge is 0.306 e. The highest BCUT2D eigenvalue weighted by Gasteiger charge is 2.25. The minimum atomic E-state index is -0.923. The third kappa shape index (κ3) is 2.53. The van der Waals surface area contributed by atoms with Crippen molar-refractivity contribution in [1.29, 1.82) is 0 Å². The molecule has 96 valence electrons. The summed E-state index contributed by atoms with van der Waals surface area (Å²) in [6.07, 6.45) is 1.97. The van der Waals surface area contributed by atoms with E-state index in [2.05, 4.69) is 0 Å². The van der Waals surface area contributed by atoms with Crippen molar-refractivity contribution >= 4 is 17.6 Å². The molecule has 18 heavy (non-hydrogen) atoms. The third-order valence-corrected chi connectivity index (χ3v) is 3.31. The van der Waals surface area contributed by atoms with Gasteiger partial charge >= 0.3 is 5.97 Å². The Morgan fingerprint density at radius 3 is 2.83 bits per heavy atom. The number of carboxylic acid groups (broad SMARTS) is 1. The van der Waals surface area contributed by atoms with Crippen LogP contribution in [-0.2, 0) is 16.0 Å². The Balaban J connectivity index is 2.15. The van der Waals surface area contributed by atoms with Crippen LogP contribution in [0.4, 0.5) is 5.69 Å². The Labute approximate surface area is 106 Å². The van der Waals surface area contributed by atoms with Crippen molar-refractivity contribution in [3.05, 3.63) is 29.8 Å². The van der Waals surface area contributed by atoms with Gasteiger partial charge in [-0.1, -0.05) is 25.1 Å². The van der Waals surface area contributed by atoms with E-state index in [1.807, 2.05) is 24.3 Å². The lowest BCUT2D eigenvalue weighted by Gasteiger charge is -2.30. The predicted molar refractivity (Wildman–Crippen MR) is 68.5 cm³/mol. The molecule has 0 saturated heterocycles. The monoisotopic (exact) mass is 247 g/mol. The molecular weight excluding hydrogens is 230 g/mol. The van der Waals surface area contributed by atoms with Crippen molar-refractivity contribution in [2.45, 2.75) is 26.2 Å². The molecule has 4 nitrogen and oxygen atoms in total. The van der Waals surface area contributed by atoms with Gasteiger partial charge in [0.05, 0.1) is 5.92 Å². The molecule has 1 aromatic rings. The summed E-state index contributed by atoms with van der Waals surface area (Å²) in [7, 11) is 0. The maximum Gasteiger partial charge on any atom is 0.306 e. The fraction of sp³-hybridized carbons (Fsp3) is 0.429. The minimum Gasteiger partial charge on any atom is -0.481 e. The summed E-state index contributed by atoms with van der Waals surface area (Å²) in [4.78, 5) is 24.7. The van der Waals surface area contributed by atoms with Gasteiger partial charge in [-0.3, -0.25) is 9.59 Å². The average Bonchev–Trinajstić information content (AvgIpc) is 2.37. The van der Waals surface area contributed by atoms with Crippen molar-refractivity contribution in [3.63, 3.8) is 0 Å². The van der Waals surface area contributed by atoms with Crippen LogP contribution in [0.15, 0.2) is 24.3 Å². The zero-order valence-corrected chi connectivity index (χ0v) is 10.4. The number of aliphatic carboxylic acids is 1. The summed E-state index contributed by atoms with van der Waals surface area (Å²) in [6.45, 7) is 2.25. The quantitative estimate of drug-likeness (QED) is 0.889. The second-order valence-electron chi connectivity index (χ2n) is 4.72. The summed E-state index contributed by atoms with van der Waals surface area (Å²) < 4.78 is 0. The number of carboxylic acids is 1. The van der Waals surface area contributed by atoms with E-state index in [1.165, 1.54) is 5.56 Å². The molecule has 0 bridgehead atoms. The van der Waals surface area contributed by atoms with Gasteiger partial charge in [0.1, 0.15) is 0 Å². The lowest BCUT2D eigenvalue weighted by molar-refractivity contribution is -0.143. The first kappa shape index (κ1) is 12.6. The predicted octanol–water partition coefficient (Wildman–Crippen LogP) is 2.08. The van der Waals surface area contributed by atoms with Crippen molar-refractivity contribution in [3.8, 4) is 0 Å². The van der Waals surface area contributed by atoms with Gasteiger partial charge in [0.2, 0.25) is 5.91 Å². The molecule has 0 aliphatic carbocycles. The molecule has 1 aliphatic rings. The molecule has 1 unspecified atom stereocenters. The zero-order valence-electron chi connectivity index (χ0n) is 10.4. The molecule has 0 radical (unpaired) electrons. The van der Waals surface area contributed by atoms with E-state index in [0.717, 1.165) is 18.5 Å². The van der Waals surface area contributed by atoms with Gasteiger partial charge in [-0.15, -0.1) is 0 Å². The highest BCUT2D eigenvalue weighted by molar-refractivity contribution is 5.96. The number of amides is 1. The van der Waals surface area contributed by atoms with E-state index < -0.39 is 11.9 Å². The molecule has 0 spiro atoms. The Kier molecular flexibility index (Phi) is 3.65. The summed E-state index contributed by atoms with van der Waals surface area (Å²) in [5.41, 5.74) is 2.10. The summed E-state index contributed by atoms with van der Waals surface area (Å²) in [5, 5.41) is 8.85. The number of hydrogen-bond acceptors (Lipinski definition) is 2. The fourth-order valence-corrected chi connectivity index (χ4v) is 2.25. The van der Waals surface area contributed by atoms with E-state index in [1.54, 1.807) is 11.8 Å². The lowest BCUT2D eigenvalue weighted by atomic mass is 10.00. The number of para-hydroxylation sites is 1. The van der Waals surface area contributed by atoms with Crippen LogP contribution in [0.25, 0.3) is 0 Å². The molecular formula is C14H17NO3. The van der Waals surface area contributed by atoms with Gasteiger partial charge < -0.3 is 10.0 Å². The highest BCUT2D eigenvalue weighted by atomic mass is 16.4. The standard InChI is InChI=1S/C14H17NO3/c1-10(14(17)18)9-13(16)15-8-4-6-11-5-2-3-7-12(11)15/h2-3,5,7,10H,4,6,8-9H2,1H3,(H,17,18). The first-order valence-electron chi connectivity index (χ1n) is 6.20. The molecule has 1 amide bonds. The first-order valence-corrected chi connectivity index (χ1v) is 6.20. The van der Waals surface area contributed by atoms with Crippen molar-refractivity contribution in [1.82, 2.24) is 0 Å². The Hall–Kier alpha value is -1.84. The molecule has 1 heterocycles. The van der Waals surface area contributed by atoms with Gasteiger partial charge in [0.25, 0.3) is 0 Å². The number of benzene rings is 1. The van der Waals surface area contributed by atoms with Gasteiger partial charge in [-0.2, -0.15) is 0 Å². The van der Waals surface area contributed by atoms with E-state index in [-0.39, 0.29) is 12.3 Å². The number of hydrogen-bond donors (Lipinski definition) is 1. The molecule has 1 N–H and O–H groups in total. The maximum atomic E-state index is 12.1. The van der Waals surface area contributed by atoms with Crippen LogP contribution >= 0.6 is 0 Å².